The molecule has 2 rings (SSSR count). The lowest BCUT2D eigenvalue weighted by atomic mass is 10.0. The molecule has 0 amide bonds. The van der Waals surface area contributed by atoms with Gasteiger partial charge in [-0.2, -0.15) is 0 Å². The molecule has 14 heavy (non-hydrogen) atoms. The van der Waals surface area contributed by atoms with Crippen molar-refractivity contribution in [2.45, 2.75) is 25.3 Å². The van der Waals surface area contributed by atoms with Crippen molar-refractivity contribution >= 4 is 5.78 Å². The highest BCUT2D eigenvalue weighted by molar-refractivity contribution is 5.84. The number of nitrogens with zero attached hydrogens (tertiary/aromatic N) is 2. The Hall–Kier alpha value is -0.410. The fourth-order valence-corrected chi connectivity index (χ4v) is 2.10. The van der Waals surface area contributed by atoms with Crippen LogP contribution in [0.15, 0.2) is 0 Å². The van der Waals surface area contributed by atoms with Gasteiger partial charge in [-0.05, 0) is 32.9 Å². The third-order valence-corrected chi connectivity index (χ3v) is 3.41. The topological polar surface area (TPSA) is 23.6 Å². The van der Waals surface area contributed by atoms with Gasteiger partial charge in [-0.1, -0.05) is 0 Å². The first-order valence-electron chi connectivity index (χ1n) is 5.58. The lowest BCUT2D eigenvalue weighted by Crippen LogP contribution is -2.53. The van der Waals surface area contributed by atoms with Gasteiger partial charge in [0.05, 0.1) is 6.04 Å². The molecular formula is C11H20N2O. The quantitative estimate of drug-likeness (QED) is 0.660. The van der Waals surface area contributed by atoms with Crippen LogP contribution in [0.5, 0.6) is 0 Å². The van der Waals surface area contributed by atoms with Gasteiger partial charge in [-0.15, -0.1) is 0 Å². The van der Waals surface area contributed by atoms with E-state index in [4.69, 9.17) is 0 Å². The van der Waals surface area contributed by atoms with Gasteiger partial charge >= 0.3 is 0 Å². The van der Waals surface area contributed by atoms with Crippen molar-refractivity contribution in [1.82, 2.24) is 9.80 Å². The molecule has 0 aromatic carbocycles. The molecule has 0 aromatic rings. The Bertz CT molecular complexity index is 225. The Kier molecular flexibility index (Phi) is 2.88. The van der Waals surface area contributed by atoms with Gasteiger partial charge < -0.3 is 4.90 Å². The highest BCUT2D eigenvalue weighted by Crippen LogP contribution is 2.33. The van der Waals surface area contributed by atoms with Gasteiger partial charge in [0.2, 0.25) is 0 Å². The maximum atomic E-state index is 11.9. The van der Waals surface area contributed by atoms with Gasteiger partial charge in [0.25, 0.3) is 0 Å². The molecular weight excluding hydrogens is 176 g/mol. The normalized spacial score (nSPS) is 30.6. The average molecular weight is 196 g/mol. The maximum Gasteiger partial charge on any atom is 0.151 e. The zero-order valence-corrected chi connectivity index (χ0v) is 9.20. The Morgan fingerprint density at radius 2 is 2.00 bits per heavy atom. The van der Waals surface area contributed by atoms with E-state index in [2.05, 4.69) is 23.9 Å². The largest absolute Gasteiger partial charge is 0.303 e. The van der Waals surface area contributed by atoms with Crippen molar-refractivity contribution in [3.05, 3.63) is 0 Å². The second-order valence-electron chi connectivity index (χ2n) is 4.87. The van der Waals surface area contributed by atoms with Crippen LogP contribution in [0.25, 0.3) is 0 Å². The smallest absolute Gasteiger partial charge is 0.151 e. The Morgan fingerprint density at radius 3 is 2.64 bits per heavy atom. The molecule has 0 aromatic heterocycles. The molecule has 3 nitrogen and oxygen atoms in total. The zero-order chi connectivity index (χ0) is 10.1. The number of hydrogen-bond acceptors (Lipinski definition) is 3. The first-order chi connectivity index (χ1) is 6.66. The molecule has 2 aliphatic rings. The standard InChI is InChI=1S/C11H20N2O/c1-12-5-6-13(2)10(8-12)11(14)7-9-3-4-9/h9-10H,3-8H2,1-2H3. The van der Waals surface area contributed by atoms with Crippen LogP contribution in [0.4, 0.5) is 0 Å². The van der Waals surface area contributed by atoms with Crippen LogP contribution in [0.1, 0.15) is 19.3 Å². The summed E-state index contributed by atoms with van der Waals surface area (Å²) in [6, 6.07) is 0.161. The summed E-state index contributed by atoms with van der Waals surface area (Å²) in [7, 11) is 4.17. The van der Waals surface area contributed by atoms with Crippen LogP contribution in [-0.2, 0) is 4.79 Å². The van der Waals surface area contributed by atoms with E-state index in [1.165, 1.54) is 12.8 Å². The molecule has 0 spiro atoms. The number of hydrogen-bond donors (Lipinski definition) is 0. The summed E-state index contributed by atoms with van der Waals surface area (Å²) in [6.45, 7) is 3.03. The fourth-order valence-electron chi connectivity index (χ4n) is 2.10. The lowest BCUT2D eigenvalue weighted by molar-refractivity contribution is -0.126. The summed E-state index contributed by atoms with van der Waals surface area (Å²) in [4.78, 5) is 16.4. The van der Waals surface area contributed by atoms with Gasteiger partial charge in [0.15, 0.2) is 5.78 Å². The average Bonchev–Trinajstić information content (AvgIpc) is 2.93. The Balaban J connectivity index is 1.88. The third kappa shape index (κ3) is 2.34. The van der Waals surface area contributed by atoms with Crippen LogP contribution in [0.2, 0.25) is 0 Å². The lowest BCUT2D eigenvalue weighted by Gasteiger charge is -2.36. The number of carbonyl (C=O) groups is 1. The summed E-state index contributed by atoms with van der Waals surface area (Å²) >= 11 is 0. The minimum atomic E-state index is 0.161. The SMILES string of the molecule is CN1CCN(C)C(C(=O)CC2CC2)C1. The second-order valence-corrected chi connectivity index (χ2v) is 4.87. The van der Waals surface area contributed by atoms with Gasteiger partial charge in [0, 0.05) is 26.1 Å². The predicted molar refractivity (Wildman–Crippen MR) is 56.3 cm³/mol. The van der Waals surface area contributed by atoms with E-state index in [0.29, 0.717) is 5.78 Å². The Labute approximate surface area is 86.1 Å². The number of carbonyl (C=O) groups excluding carboxylic acids is 1. The number of rotatable bonds is 3. The van der Waals surface area contributed by atoms with Crippen molar-refractivity contribution in [1.29, 1.82) is 0 Å². The van der Waals surface area contributed by atoms with E-state index in [1.54, 1.807) is 0 Å². The number of likely N-dealkylation sites (N-methyl/N-ethyl adjacent to an activating group) is 2. The highest BCUT2D eigenvalue weighted by Gasteiger charge is 2.32. The summed E-state index contributed by atoms with van der Waals surface area (Å²) in [6.07, 6.45) is 3.37. The maximum absolute atomic E-state index is 11.9. The fraction of sp³-hybridized carbons (Fsp3) is 0.909. The van der Waals surface area contributed by atoms with Gasteiger partial charge in [0.1, 0.15) is 0 Å². The molecule has 0 bridgehead atoms. The first-order valence-corrected chi connectivity index (χ1v) is 5.58. The van der Waals surface area contributed by atoms with Crippen molar-refractivity contribution in [3.8, 4) is 0 Å². The molecule has 0 radical (unpaired) electrons. The molecule has 1 saturated carbocycles. The van der Waals surface area contributed by atoms with Gasteiger partial charge in [-0.3, -0.25) is 9.69 Å². The zero-order valence-electron chi connectivity index (χ0n) is 9.20. The Morgan fingerprint density at radius 1 is 1.29 bits per heavy atom. The van der Waals surface area contributed by atoms with Crippen LogP contribution in [0, 0.1) is 5.92 Å². The number of ketones is 1. The van der Waals surface area contributed by atoms with E-state index >= 15 is 0 Å². The van der Waals surface area contributed by atoms with Crippen LogP contribution in [0.3, 0.4) is 0 Å². The molecule has 1 saturated heterocycles. The number of piperazine rings is 1. The summed E-state index contributed by atoms with van der Waals surface area (Å²) in [5.74, 6) is 1.18. The second kappa shape index (κ2) is 3.99. The third-order valence-electron chi connectivity index (χ3n) is 3.41. The predicted octanol–water partition coefficient (Wildman–Crippen LogP) is 0.601. The molecule has 0 N–H and O–H groups in total. The molecule has 1 aliphatic heterocycles. The minimum Gasteiger partial charge on any atom is -0.303 e. The molecule has 3 heteroatoms. The molecule has 2 fully saturated rings. The van der Waals surface area contributed by atoms with Crippen molar-refractivity contribution < 1.29 is 4.79 Å². The van der Waals surface area contributed by atoms with Crippen LogP contribution >= 0.6 is 0 Å². The van der Waals surface area contributed by atoms with E-state index < -0.39 is 0 Å². The van der Waals surface area contributed by atoms with Crippen molar-refractivity contribution in [3.63, 3.8) is 0 Å². The molecule has 80 valence electrons. The minimum absolute atomic E-state index is 0.161. The first kappa shape index (κ1) is 10.1. The molecule has 1 unspecified atom stereocenters. The molecule has 1 heterocycles. The monoisotopic (exact) mass is 196 g/mol. The van der Waals surface area contributed by atoms with E-state index in [-0.39, 0.29) is 6.04 Å². The van der Waals surface area contributed by atoms with Crippen LogP contribution in [-0.4, -0.2) is 55.4 Å². The van der Waals surface area contributed by atoms with E-state index in [1.807, 2.05) is 0 Å². The van der Waals surface area contributed by atoms with E-state index in [9.17, 15) is 4.79 Å². The van der Waals surface area contributed by atoms with Crippen molar-refractivity contribution in [2.75, 3.05) is 33.7 Å². The van der Waals surface area contributed by atoms with E-state index in [0.717, 1.165) is 32.0 Å². The summed E-state index contributed by atoms with van der Waals surface area (Å²) < 4.78 is 0. The molecule has 1 aliphatic carbocycles. The van der Waals surface area contributed by atoms with Crippen LogP contribution < -0.4 is 0 Å². The van der Waals surface area contributed by atoms with Gasteiger partial charge in [-0.25, -0.2) is 0 Å². The molecule has 1 atom stereocenters. The number of Topliss-reactive ketones (excluding diaryl/α,β-unsaturated/α-hetero) is 1. The van der Waals surface area contributed by atoms with Crippen molar-refractivity contribution in [2.24, 2.45) is 5.92 Å². The highest BCUT2D eigenvalue weighted by atomic mass is 16.1. The summed E-state index contributed by atoms with van der Waals surface area (Å²) in [5, 5.41) is 0. The summed E-state index contributed by atoms with van der Waals surface area (Å²) in [5.41, 5.74) is 0.